The summed E-state index contributed by atoms with van der Waals surface area (Å²) in [6, 6.07) is 14.1. The van der Waals surface area contributed by atoms with Crippen molar-refractivity contribution in [2.45, 2.75) is 12.3 Å². The third-order valence-electron chi connectivity index (χ3n) is 4.91. The van der Waals surface area contributed by atoms with Crippen molar-refractivity contribution in [3.8, 4) is 22.6 Å². The zero-order valence-corrected chi connectivity index (χ0v) is 14.6. The smallest absolute Gasteiger partial charge is 0.152 e. The van der Waals surface area contributed by atoms with Crippen molar-refractivity contribution >= 4 is 18.0 Å². The van der Waals surface area contributed by atoms with Gasteiger partial charge in [-0.25, -0.2) is 4.98 Å². The predicted octanol–water partition coefficient (Wildman–Crippen LogP) is 2.19. The first-order valence-electron chi connectivity index (χ1n) is 8.87. The van der Waals surface area contributed by atoms with E-state index in [0.29, 0.717) is 5.82 Å². The van der Waals surface area contributed by atoms with E-state index in [9.17, 15) is 0 Å². The van der Waals surface area contributed by atoms with E-state index in [4.69, 9.17) is 10.7 Å². The van der Waals surface area contributed by atoms with Gasteiger partial charge in [0.1, 0.15) is 5.82 Å². The van der Waals surface area contributed by atoms with E-state index in [0.717, 1.165) is 45.3 Å². The van der Waals surface area contributed by atoms with Crippen LogP contribution in [0, 0.1) is 0 Å². The minimum Gasteiger partial charge on any atom is -0.382 e. The number of hydrogen-bond donors (Lipinski definition) is 3. The number of fused-ring (bicyclic) bond motifs is 1. The molecule has 0 aliphatic heterocycles. The molecule has 1 aliphatic rings. The van der Waals surface area contributed by atoms with Crippen LogP contribution in [0.3, 0.4) is 0 Å². The number of rotatable bonds is 3. The van der Waals surface area contributed by atoms with Gasteiger partial charge in [0.15, 0.2) is 5.82 Å². The molecule has 6 nitrogen and oxygen atoms in total. The summed E-state index contributed by atoms with van der Waals surface area (Å²) < 4.78 is 0. The van der Waals surface area contributed by atoms with E-state index in [1.165, 1.54) is 0 Å². The predicted molar refractivity (Wildman–Crippen MR) is 106 cm³/mol. The highest BCUT2D eigenvalue weighted by molar-refractivity contribution is 5.70. The number of aromatic amines is 2. The number of imidazole rings is 1. The Balaban J connectivity index is 1.68. The largest absolute Gasteiger partial charge is 0.382 e. The average molecular weight is 354 g/mol. The summed E-state index contributed by atoms with van der Waals surface area (Å²) in [5, 5.41) is 9.04. The Kier molecular flexibility index (Phi) is 3.60. The molecule has 0 radical (unpaired) electrons. The molecule has 1 atom stereocenters. The molecule has 27 heavy (non-hydrogen) atoms. The maximum atomic E-state index is 6.02. The summed E-state index contributed by atoms with van der Waals surface area (Å²) in [6.07, 6.45) is 8.74. The van der Waals surface area contributed by atoms with Crippen LogP contribution in [-0.2, 0) is 0 Å². The van der Waals surface area contributed by atoms with Crippen LogP contribution < -0.4 is 16.3 Å². The van der Waals surface area contributed by atoms with Gasteiger partial charge in [0, 0.05) is 34.7 Å². The average Bonchev–Trinajstić information content (AvgIpc) is 3.34. The first-order chi connectivity index (χ1) is 13.3. The molecular weight excluding hydrogens is 336 g/mol. The molecule has 132 valence electrons. The molecular formula is C21H18N6. The van der Waals surface area contributed by atoms with Crippen molar-refractivity contribution in [2.24, 2.45) is 0 Å². The van der Waals surface area contributed by atoms with E-state index >= 15 is 0 Å². The van der Waals surface area contributed by atoms with Gasteiger partial charge < -0.3 is 10.7 Å². The van der Waals surface area contributed by atoms with Gasteiger partial charge in [-0.15, -0.1) is 0 Å². The minimum absolute atomic E-state index is 0.144. The third-order valence-corrected chi connectivity index (χ3v) is 4.91. The van der Waals surface area contributed by atoms with Crippen molar-refractivity contribution in [1.29, 1.82) is 0 Å². The van der Waals surface area contributed by atoms with Crippen molar-refractivity contribution in [3.63, 3.8) is 0 Å². The molecule has 0 fully saturated rings. The van der Waals surface area contributed by atoms with Gasteiger partial charge in [0.2, 0.25) is 0 Å². The zero-order chi connectivity index (χ0) is 18.2. The molecule has 1 unspecified atom stereocenters. The summed E-state index contributed by atoms with van der Waals surface area (Å²) in [5.41, 5.74) is 10.1. The van der Waals surface area contributed by atoms with Gasteiger partial charge in [0.05, 0.1) is 16.7 Å². The molecule has 1 aromatic carbocycles. The van der Waals surface area contributed by atoms with Gasteiger partial charge in [-0.2, -0.15) is 5.10 Å². The standard InChI is InChI=1S/C21H18N6/c22-20-16-12-15(6-7-17(16)26-27-20)19-18(13-8-10-23-11-9-13)24-21(25-19)14-4-2-1-3-5-14/h1-5,7-12,15,26H,6H2,(H2,22,27)(H,24,25). The van der Waals surface area contributed by atoms with Gasteiger partial charge in [0.25, 0.3) is 0 Å². The van der Waals surface area contributed by atoms with Gasteiger partial charge in [-0.1, -0.05) is 42.5 Å². The lowest BCUT2D eigenvalue weighted by atomic mass is 9.93. The van der Waals surface area contributed by atoms with Crippen molar-refractivity contribution in [1.82, 2.24) is 25.1 Å². The Morgan fingerprint density at radius 3 is 2.63 bits per heavy atom. The number of nitrogens with two attached hydrogens (primary N) is 1. The molecule has 1 aliphatic carbocycles. The first-order valence-corrected chi connectivity index (χ1v) is 8.87. The Hall–Kier alpha value is -3.67. The fourth-order valence-corrected chi connectivity index (χ4v) is 3.54. The lowest BCUT2D eigenvalue weighted by molar-refractivity contribution is 0.883. The number of aromatic nitrogens is 5. The van der Waals surface area contributed by atoms with E-state index in [-0.39, 0.29) is 5.92 Å². The monoisotopic (exact) mass is 354 g/mol. The normalized spacial score (nSPS) is 15.6. The summed E-state index contributed by atoms with van der Waals surface area (Å²) in [5.74, 6) is 1.53. The molecule has 0 amide bonds. The quantitative estimate of drug-likeness (QED) is 0.525. The second-order valence-corrected chi connectivity index (χ2v) is 6.60. The Morgan fingerprint density at radius 1 is 1.00 bits per heavy atom. The first kappa shape index (κ1) is 15.6. The number of hydrogen-bond acceptors (Lipinski definition) is 4. The van der Waals surface area contributed by atoms with Gasteiger partial charge >= 0.3 is 0 Å². The number of anilines is 1. The fraction of sp³-hybridized carbons (Fsp3) is 0.0952. The Labute approximate surface area is 155 Å². The molecule has 4 aromatic rings. The number of benzene rings is 1. The lowest BCUT2D eigenvalue weighted by Gasteiger charge is -2.13. The molecule has 0 spiro atoms. The molecule has 3 aromatic heterocycles. The summed E-state index contributed by atoms with van der Waals surface area (Å²) in [6.45, 7) is 0. The molecule has 3 heterocycles. The van der Waals surface area contributed by atoms with Crippen LogP contribution in [0.25, 0.3) is 34.8 Å². The highest BCUT2D eigenvalue weighted by atomic mass is 15.1. The van der Waals surface area contributed by atoms with Crippen LogP contribution in [0.2, 0.25) is 0 Å². The second kappa shape index (κ2) is 6.25. The van der Waals surface area contributed by atoms with E-state index in [2.05, 4.69) is 44.5 Å². The number of nitrogens with one attached hydrogen (secondary N) is 2. The van der Waals surface area contributed by atoms with E-state index in [1.807, 2.05) is 30.3 Å². The van der Waals surface area contributed by atoms with E-state index < -0.39 is 0 Å². The number of nitrogens with zero attached hydrogens (tertiary/aromatic N) is 3. The van der Waals surface area contributed by atoms with Crippen LogP contribution in [0.15, 0.2) is 54.9 Å². The van der Waals surface area contributed by atoms with Gasteiger partial charge in [-0.05, 0) is 18.6 Å². The Morgan fingerprint density at radius 2 is 1.81 bits per heavy atom. The number of pyridine rings is 1. The highest BCUT2D eigenvalue weighted by Gasteiger charge is 2.21. The van der Waals surface area contributed by atoms with Gasteiger partial charge in [-0.3, -0.25) is 10.1 Å². The van der Waals surface area contributed by atoms with Crippen LogP contribution in [0.4, 0.5) is 5.82 Å². The van der Waals surface area contributed by atoms with Crippen LogP contribution in [0.1, 0.15) is 18.0 Å². The second-order valence-electron chi connectivity index (χ2n) is 6.60. The molecule has 4 N–H and O–H groups in total. The van der Waals surface area contributed by atoms with Crippen LogP contribution in [-0.4, -0.2) is 25.1 Å². The van der Waals surface area contributed by atoms with Crippen molar-refractivity contribution < 1.29 is 0 Å². The molecule has 5 rings (SSSR count). The summed E-state index contributed by atoms with van der Waals surface area (Å²) in [7, 11) is 0. The van der Waals surface area contributed by atoms with Crippen molar-refractivity contribution in [2.75, 3.05) is 5.73 Å². The van der Waals surface area contributed by atoms with Crippen LogP contribution >= 0.6 is 0 Å². The lowest BCUT2D eigenvalue weighted by Crippen LogP contribution is -2.28. The molecule has 0 saturated carbocycles. The fourth-order valence-electron chi connectivity index (χ4n) is 3.54. The molecule has 6 heteroatoms. The Bertz CT molecular complexity index is 1200. The SMILES string of the molecule is Nc1n[nH]c2c1=CC(c1[nH]c(-c3ccccc3)nc1-c1ccncc1)CC=2. The molecule has 0 bridgehead atoms. The summed E-state index contributed by atoms with van der Waals surface area (Å²) >= 11 is 0. The third kappa shape index (κ3) is 2.71. The maximum Gasteiger partial charge on any atom is 0.152 e. The number of nitrogen functional groups attached to an aromatic ring is 1. The van der Waals surface area contributed by atoms with Crippen LogP contribution in [0.5, 0.6) is 0 Å². The summed E-state index contributed by atoms with van der Waals surface area (Å²) in [4.78, 5) is 12.6. The highest BCUT2D eigenvalue weighted by Crippen LogP contribution is 2.33. The number of H-pyrrole nitrogens is 2. The molecule has 0 saturated heterocycles. The van der Waals surface area contributed by atoms with E-state index in [1.54, 1.807) is 12.4 Å². The topological polar surface area (TPSA) is 96.3 Å². The minimum atomic E-state index is 0.144. The maximum absolute atomic E-state index is 6.02. The van der Waals surface area contributed by atoms with Crippen molar-refractivity contribution in [3.05, 3.63) is 71.1 Å². The zero-order valence-electron chi connectivity index (χ0n) is 14.6.